The van der Waals surface area contributed by atoms with Crippen LogP contribution in [0.25, 0.3) is 6.08 Å². The number of carbonyl (C=O) groups excluding carboxylic acids is 1. The molecule has 1 amide bonds. The van der Waals surface area contributed by atoms with Crippen molar-refractivity contribution in [3.8, 4) is 0 Å². The first-order valence-corrected chi connectivity index (χ1v) is 6.65. The van der Waals surface area contributed by atoms with E-state index in [0.717, 1.165) is 18.2 Å². The summed E-state index contributed by atoms with van der Waals surface area (Å²) in [6.45, 7) is 4.33. The van der Waals surface area contributed by atoms with E-state index in [0.29, 0.717) is 6.54 Å². The van der Waals surface area contributed by atoms with Crippen LogP contribution in [0, 0.1) is 5.92 Å². The van der Waals surface area contributed by atoms with Crippen LogP contribution in [0.3, 0.4) is 0 Å². The van der Waals surface area contributed by atoms with Crippen LogP contribution in [-0.4, -0.2) is 18.4 Å². The second-order valence-electron chi connectivity index (χ2n) is 5.03. The molecular formula is C15H18F3N3O. The number of alkyl halides is 3. The van der Waals surface area contributed by atoms with Gasteiger partial charge >= 0.3 is 6.18 Å². The Morgan fingerprint density at radius 1 is 1.36 bits per heavy atom. The summed E-state index contributed by atoms with van der Waals surface area (Å²) in [7, 11) is 0. The molecule has 0 heterocycles. The Bertz CT molecular complexity index is 578. The van der Waals surface area contributed by atoms with Crippen molar-refractivity contribution in [2.75, 3.05) is 6.54 Å². The molecule has 0 saturated carbocycles. The van der Waals surface area contributed by atoms with E-state index < -0.39 is 17.6 Å². The molecule has 0 saturated heterocycles. The Kier molecular flexibility index (Phi) is 6.15. The molecule has 0 atom stereocenters. The van der Waals surface area contributed by atoms with Gasteiger partial charge in [-0.15, -0.1) is 0 Å². The quantitative estimate of drug-likeness (QED) is 0.510. The molecule has 0 aliphatic carbocycles. The maximum Gasteiger partial charge on any atom is 0.416 e. The molecule has 1 rings (SSSR count). The first-order valence-electron chi connectivity index (χ1n) is 6.65. The molecule has 22 heavy (non-hydrogen) atoms. The number of halogens is 3. The van der Waals surface area contributed by atoms with Gasteiger partial charge in [-0.1, -0.05) is 32.0 Å². The number of nitrogens with zero attached hydrogens (tertiary/aromatic N) is 1. The molecule has 1 aromatic carbocycles. The van der Waals surface area contributed by atoms with Crippen LogP contribution in [0.15, 0.2) is 35.3 Å². The third kappa shape index (κ3) is 5.99. The lowest BCUT2D eigenvalue weighted by atomic mass is 10.1. The van der Waals surface area contributed by atoms with E-state index in [9.17, 15) is 18.0 Å². The molecule has 120 valence electrons. The van der Waals surface area contributed by atoms with E-state index in [1.807, 2.05) is 13.8 Å². The number of amides is 1. The number of carbonyl (C=O) groups is 1. The minimum Gasteiger partial charge on any atom is -0.370 e. The van der Waals surface area contributed by atoms with Gasteiger partial charge in [0.15, 0.2) is 5.96 Å². The zero-order chi connectivity index (χ0) is 16.8. The molecule has 0 unspecified atom stereocenters. The van der Waals surface area contributed by atoms with E-state index >= 15 is 0 Å². The summed E-state index contributed by atoms with van der Waals surface area (Å²) in [6, 6.07) is 4.99. The van der Waals surface area contributed by atoms with Gasteiger partial charge in [-0.2, -0.15) is 13.2 Å². The molecule has 0 aliphatic heterocycles. The summed E-state index contributed by atoms with van der Waals surface area (Å²) in [5.41, 5.74) is 4.60. The van der Waals surface area contributed by atoms with Crippen molar-refractivity contribution in [3.05, 3.63) is 41.5 Å². The summed E-state index contributed by atoms with van der Waals surface area (Å²) in [4.78, 5) is 15.5. The number of guanidine groups is 1. The maximum atomic E-state index is 12.8. The van der Waals surface area contributed by atoms with E-state index in [-0.39, 0.29) is 17.4 Å². The third-order valence-corrected chi connectivity index (χ3v) is 2.56. The molecule has 4 nitrogen and oxygen atoms in total. The van der Waals surface area contributed by atoms with E-state index in [1.54, 1.807) is 0 Å². The smallest absolute Gasteiger partial charge is 0.370 e. The van der Waals surface area contributed by atoms with Crippen molar-refractivity contribution in [2.45, 2.75) is 20.0 Å². The second-order valence-corrected chi connectivity index (χ2v) is 5.03. The lowest BCUT2D eigenvalue weighted by Crippen LogP contribution is -2.36. The van der Waals surface area contributed by atoms with Gasteiger partial charge in [0.2, 0.25) is 0 Å². The van der Waals surface area contributed by atoms with Gasteiger partial charge in [-0.25, -0.2) is 0 Å². The summed E-state index contributed by atoms with van der Waals surface area (Å²) < 4.78 is 38.4. The van der Waals surface area contributed by atoms with Crippen molar-refractivity contribution >= 4 is 17.9 Å². The standard InChI is InChI=1S/C15H18F3N3O/c1-10(2)9-20-14(19)21-13(22)8-7-11-5-3-4-6-12(11)15(16,17)18/h3-8,10H,9H2,1-2H3,(H3,19,20,21,22)/b8-7+. The molecule has 0 radical (unpaired) electrons. The van der Waals surface area contributed by atoms with Crippen molar-refractivity contribution in [1.82, 2.24) is 5.32 Å². The van der Waals surface area contributed by atoms with Crippen LogP contribution in [0.4, 0.5) is 13.2 Å². The van der Waals surface area contributed by atoms with Gasteiger partial charge in [0.1, 0.15) is 0 Å². The Labute approximate surface area is 126 Å². The molecule has 3 N–H and O–H groups in total. The molecule has 0 aromatic heterocycles. The minimum absolute atomic E-state index is 0.0625. The fourth-order valence-corrected chi connectivity index (χ4v) is 1.55. The molecule has 0 fully saturated rings. The number of hydrogen-bond acceptors (Lipinski definition) is 2. The zero-order valence-corrected chi connectivity index (χ0v) is 12.3. The van der Waals surface area contributed by atoms with Gasteiger partial charge in [0.25, 0.3) is 5.91 Å². The largest absolute Gasteiger partial charge is 0.416 e. The average Bonchev–Trinajstić information content (AvgIpc) is 2.42. The molecule has 7 heteroatoms. The van der Waals surface area contributed by atoms with Crippen LogP contribution in [-0.2, 0) is 11.0 Å². The highest BCUT2D eigenvalue weighted by molar-refractivity contribution is 6.03. The maximum absolute atomic E-state index is 12.8. The highest BCUT2D eigenvalue weighted by atomic mass is 19.4. The normalized spacial score (nSPS) is 12.9. The summed E-state index contributed by atoms with van der Waals surface area (Å²) in [5, 5.41) is 2.28. The molecule has 0 bridgehead atoms. The fourth-order valence-electron chi connectivity index (χ4n) is 1.55. The van der Waals surface area contributed by atoms with Gasteiger partial charge in [0.05, 0.1) is 5.56 Å². The molecule has 0 aliphatic rings. The Morgan fingerprint density at radius 3 is 2.59 bits per heavy atom. The number of aliphatic imine (C=N–C) groups is 1. The molecule has 1 aromatic rings. The van der Waals surface area contributed by atoms with Crippen molar-refractivity contribution in [3.63, 3.8) is 0 Å². The highest BCUT2D eigenvalue weighted by Crippen LogP contribution is 2.32. The van der Waals surface area contributed by atoms with Gasteiger partial charge in [0, 0.05) is 12.6 Å². The van der Waals surface area contributed by atoms with Crippen molar-refractivity contribution in [2.24, 2.45) is 16.6 Å². The molecular weight excluding hydrogens is 295 g/mol. The van der Waals surface area contributed by atoms with E-state index in [1.165, 1.54) is 18.2 Å². The lowest BCUT2D eigenvalue weighted by Gasteiger charge is -2.09. The third-order valence-electron chi connectivity index (χ3n) is 2.56. The first kappa shape index (κ1) is 17.7. The number of benzene rings is 1. The average molecular weight is 313 g/mol. The topological polar surface area (TPSA) is 67.5 Å². The van der Waals surface area contributed by atoms with E-state index in [2.05, 4.69) is 10.3 Å². The monoisotopic (exact) mass is 313 g/mol. The Balaban J connectivity index is 2.77. The van der Waals surface area contributed by atoms with Crippen LogP contribution < -0.4 is 11.1 Å². The van der Waals surface area contributed by atoms with Gasteiger partial charge < -0.3 is 5.73 Å². The Hall–Kier alpha value is -2.31. The van der Waals surface area contributed by atoms with Crippen LogP contribution in [0.5, 0.6) is 0 Å². The predicted octanol–water partition coefficient (Wildman–Crippen LogP) is 2.81. The second kappa shape index (κ2) is 7.63. The number of nitrogens with one attached hydrogen (secondary N) is 1. The fraction of sp³-hybridized carbons (Fsp3) is 0.333. The summed E-state index contributed by atoms with van der Waals surface area (Å²) >= 11 is 0. The Morgan fingerprint density at radius 2 is 2.00 bits per heavy atom. The SMILES string of the molecule is CC(C)CN=C(N)NC(=O)/C=C/c1ccccc1C(F)(F)F. The van der Waals surface area contributed by atoms with Gasteiger partial charge in [-0.05, 0) is 23.6 Å². The first-order chi connectivity index (χ1) is 10.2. The zero-order valence-electron chi connectivity index (χ0n) is 12.3. The highest BCUT2D eigenvalue weighted by Gasteiger charge is 2.32. The van der Waals surface area contributed by atoms with Gasteiger partial charge in [-0.3, -0.25) is 15.1 Å². The number of hydrogen-bond donors (Lipinski definition) is 2. The number of nitrogens with two attached hydrogens (primary N) is 1. The number of rotatable bonds is 4. The summed E-state index contributed by atoms with van der Waals surface area (Å²) in [6.07, 6.45) is -2.40. The van der Waals surface area contributed by atoms with Crippen molar-refractivity contribution < 1.29 is 18.0 Å². The van der Waals surface area contributed by atoms with E-state index in [4.69, 9.17) is 5.73 Å². The van der Waals surface area contributed by atoms with Crippen LogP contribution >= 0.6 is 0 Å². The minimum atomic E-state index is -4.48. The van der Waals surface area contributed by atoms with Crippen molar-refractivity contribution in [1.29, 1.82) is 0 Å². The predicted molar refractivity (Wildman–Crippen MR) is 79.9 cm³/mol. The summed E-state index contributed by atoms with van der Waals surface area (Å²) in [5.74, 6) is -0.418. The van der Waals surface area contributed by atoms with Crippen LogP contribution in [0.1, 0.15) is 25.0 Å². The molecule has 0 spiro atoms. The lowest BCUT2D eigenvalue weighted by molar-refractivity contribution is -0.137. The van der Waals surface area contributed by atoms with Crippen LogP contribution in [0.2, 0.25) is 0 Å².